The molecule has 1 aliphatic rings. The van der Waals surface area contributed by atoms with Crippen LogP contribution < -0.4 is 4.74 Å². The van der Waals surface area contributed by atoms with Gasteiger partial charge in [-0.15, -0.1) is 0 Å². The van der Waals surface area contributed by atoms with Gasteiger partial charge >= 0.3 is 0 Å². The number of nitrogens with zero attached hydrogens (tertiary/aromatic N) is 3. The lowest BCUT2D eigenvalue weighted by atomic mass is 10.1. The summed E-state index contributed by atoms with van der Waals surface area (Å²) in [4.78, 5) is 17.3. The van der Waals surface area contributed by atoms with E-state index in [-0.39, 0.29) is 12.5 Å². The van der Waals surface area contributed by atoms with Crippen LogP contribution in [0, 0.1) is 13.8 Å². The Hall–Kier alpha value is -3.12. The van der Waals surface area contributed by atoms with Gasteiger partial charge < -0.3 is 14.2 Å². The fraction of sp³-hybridized carbons (Fsp3) is 0.333. The lowest BCUT2D eigenvalue weighted by Crippen LogP contribution is -2.48. The highest BCUT2D eigenvalue weighted by Crippen LogP contribution is 2.20. The molecule has 1 aromatic heterocycles. The molecule has 30 heavy (non-hydrogen) atoms. The Kier molecular flexibility index (Phi) is 6.14. The SMILES string of the molecule is Cc1ccc(OCc2c(C(=O)N3CCN(Cc4ccccc4)CC3)noc2C)cc1. The van der Waals surface area contributed by atoms with E-state index in [4.69, 9.17) is 9.26 Å². The third-order valence-electron chi connectivity index (χ3n) is 5.50. The van der Waals surface area contributed by atoms with Crippen molar-refractivity contribution in [2.75, 3.05) is 26.2 Å². The zero-order chi connectivity index (χ0) is 20.9. The molecule has 0 N–H and O–H groups in total. The largest absolute Gasteiger partial charge is 0.489 e. The fourth-order valence-corrected chi connectivity index (χ4v) is 3.62. The highest BCUT2D eigenvalue weighted by atomic mass is 16.5. The molecule has 1 amide bonds. The Labute approximate surface area is 177 Å². The van der Waals surface area contributed by atoms with E-state index in [0.717, 1.165) is 25.4 Å². The topological polar surface area (TPSA) is 58.8 Å². The van der Waals surface area contributed by atoms with Crippen LogP contribution in [-0.2, 0) is 13.2 Å². The van der Waals surface area contributed by atoms with Crippen LogP contribution >= 0.6 is 0 Å². The van der Waals surface area contributed by atoms with Crippen LogP contribution in [0.4, 0.5) is 0 Å². The normalized spacial score (nSPS) is 14.7. The first kappa shape index (κ1) is 20.2. The Morgan fingerprint density at radius 1 is 1.00 bits per heavy atom. The molecule has 4 rings (SSSR count). The molecule has 2 aromatic carbocycles. The average molecular weight is 405 g/mol. The van der Waals surface area contributed by atoms with Gasteiger partial charge in [-0.3, -0.25) is 9.69 Å². The number of carbonyl (C=O) groups excluding carboxylic acids is 1. The van der Waals surface area contributed by atoms with Crippen LogP contribution in [-0.4, -0.2) is 47.0 Å². The lowest BCUT2D eigenvalue weighted by Gasteiger charge is -2.34. The standard InChI is InChI=1S/C24H27N3O3/c1-18-8-10-21(11-9-18)29-17-22-19(2)30-25-23(22)24(28)27-14-12-26(13-15-27)16-20-6-4-3-5-7-20/h3-11H,12-17H2,1-2H3. The van der Waals surface area contributed by atoms with E-state index < -0.39 is 0 Å². The number of hydrogen-bond acceptors (Lipinski definition) is 5. The summed E-state index contributed by atoms with van der Waals surface area (Å²) in [6, 6.07) is 18.3. The molecule has 0 spiro atoms. The van der Waals surface area contributed by atoms with Crippen molar-refractivity contribution >= 4 is 5.91 Å². The van der Waals surface area contributed by atoms with Crippen molar-refractivity contribution in [2.24, 2.45) is 0 Å². The van der Waals surface area contributed by atoms with E-state index in [0.29, 0.717) is 30.1 Å². The summed E-state index contributed by atoms with van der Waals surface area (Å²) in [5.74, 6) is 1.29. The molecule has 0 bridgehead atoms. The molecule has 6 heteroatoms. The van der Waals surface area contributed by atoms with Crippen LogP contribution in [0.5, 0.6) is 5.75 Å². The molecule has 1 aliphatic heterocycles. The number of ether oxygens (including phenoxy) is 1. The maximum absolute atomic E-state index is 13.1. The zero-order valence-corrected chi connectivity index (χ0v) is 17.5. The summed E-state index contributed by atoms with van der Waals surface area (Å²) in [6.45, 7) is 8.04. The molecule has 1 saturated heterocycles. The van der Waals surface area contributed by atoms with Crippen molar-refractivity contribution in [1.29, 1.82) is 0 Å². The minimum atomic E-state index is -0.0892. The number of rotatable bonds is 6. The second kappa shape index (κ2) is 9.13. The van der Waals surface area contributed by atoms with Gasteiger partial charge in [0.2, 0.25) is 0 Å². The molecular weight excluding hydrogens is 378 g/mol. The number of aromatic nitrogens is 1. The van der Waals surface area contributed by atoms with Crippen LogP contribution in [0.15, 0.2) is 59.1 Å². The van der Waals surface area contributed by atoms with Crippen LogP contribution in [0.25, 0.3) is 0 Å². The molecule has 0 radical (unpaired) electrons. The number of piperazine rings is 1. The maximum Gasteiger partial charge on any atom is 0.276 e. The Bertz CT molecular complexity index is 975. The molecule has 0 unspecified atom stereocenters. The van der Waals surface area contributed by atoms with Gasteiger partial charge in [0.15, 0.2) is 5.69 Å². The summed E-state index contributed by atoms with van der Waals surface area (Å²) >= 11 is 0. The quantitative estimate of drug-likeness (QED) is 0.624. The summed E-state index contributed by atoms with van der Waals surface area (Å²) in [5, 5.41) is 4.04. The van der Waals surface area contributed by atoms with Gasteiger partial charge in [-0.2, -0.15) is 0 Å². The van der Waals surface area contributed by atoms with Crippen LogP contribution in [0.2, 0.25) is 0 Å². The number of amides is 1. The van der Waals surface area contributed by atoms with Gasteiger partial charge in [-0.1, -0.05) is 53.2 Å². The van der Waals surface area contributed by atoms with Gasteiger partial charge in [-0.05, 0) is 31.5 Å². The first-order chi connectivity index (χ1) is 14.6. The number of benzene rings is 2. The predicted molar refractivity (Wildman–Crippen MR) is 114 cm³/mol. The highest BCUT2D eigenvalue weighted by molar-refractivity contribution is 5.93. The minimum absolute atomic E-state index is 0.0892. The third-order valence-corrected chi connectivity index (χ3v) is 5.50. The van der Waals surface area contributed by atoms with Crippen molar-refractivity contribution in [2.45, 2.75) is 27.0 Å². The Morgan fingerprint density at radius 2 is 1.70 bits per heavy atom. The molecular formula is C24H27N3O3. The number of aryl methyl sites for hydroxylation is 2. The summed E-state index contributed by atoms with van der Waals surface area (Å²) in [7, 11) is 0. The number of carbonyl (C=O) groups is 1. The summed E-state index contributed by atoms with van der Waals surface area (Å²) < 4.78 is 11.2. The van der Waals surface area contributed by atoms with Crippen LogP contribution in [0.1, 0.15) is 32.9 Å². The van der Waals surface area contributed by atoms with E-state index in [2.05, 4.69) is 34.3 Å². The van der Waals surface area contributed by atoms with Gasteiger partial charge in [0.05, 0.1) is 5.56 Å². The maximum atomic E-state index is 13.1. The van der Waals surface area contributed by atoms with Crippen molar-refractivity contribution in [1.82, 2.24) is 15.0 Å². The first-order valence-corrected chi connectivity index (χ1v) is 10.3. The molecule has 1 fully saturated rings. The fourth-order valence-electron chi connectivity index (χ4n) is 3.62. The smallest absolute Gasteiger partial charge is 0.276 e. The molecule has 2 heterocycles. The second-order valence-corrected chi connectivity index (χ2v) is 7.72. The van der Waals surface area contributed by atoms with Gasteiger partial charge in [0.25, 0.3) is 5.91 Å². The van der Waals surface area contributed by atoms with Crippen molar-refractivity contribution in [3.05, 3.63) is 82.7 Å². The Morgan fingerprint density at radius 3 is 2.40 bits per heavy atom. The van der Waals surface area contributed by atoms with E-state index in [1.165, 1.54) is 11.1 Å². The van der Waals surface area contributed by atoms with E-state index >= 15 is 0 Å². The van der Waals surface area contributed by atoms with E-state index in [9.17, 15) is 4.79 Å². The second-order valence-electron chi connectivity index (χ2n) is 7.72. The van der Waals surface area contributed by atoms with Crippen molar-refractivity contribution in [3.63, 3.8) is 0 Å². The van der Waals surface area contributed by atoms with Crippen molar-refractivity contribution in [3.8, 4) is 5.75 Å². The summed E-state index contributed by atoms with van der Waals surface area (Å²) in [5.41, 5.74) is 3.54. The summed E-state index contributed by atoms with van der Waals surface area (Å²) in [6.07, 6.45) is 0. The monoisotopic (exact) mass is 405 g/mol. The molecule has 156 valence electrons. The molecule has 3 aromatic rings. The van der Waals surface area contributed by atoms with Gasteiger partial charge in [0, 0.05) is 32.7 Å². The zero-order valence-electron chi connectivity index (χ0n) is 17.5. The van der Waals surface area contributed by atoms with E-state index in [1.54, 1.807) is 0 Å². The first-order valence-electron chi connectivity index (χ1n) is 10.3. The van der Waals surface area contributed by atoms with Crippen molar-refractivity contribution < 1.29 is 14.1 Å². The van der Waals surface area contributed by atoms with Gasteiger partial charge in [-0.25, -0.2) is 0 Å². The van der Waals surface area contributed by atoms with E-state index in [1.807, 2.05) is 49.1 Å². The van der Waals surface area contributed by atoms with Gasteiger partial charge in [0.1, 0.15) is 18.1 Å². The average Bonchev–Trinajstić information content (AvgIpc) is 3.14. The highest BCUT2D eigenvalue weighted by Gasteiger charge is 2.28. The van der Waals surface area contributed by atoms with Crippen LogP contribution in [0.3, 0.4) is 0 Å². The Balaban J connectivity index is 1.36. The minimum Gasteiger partial charge on any atom is -0.489 e. The molecule has 6 nitrogen and oxygen atoms in total. The molecule has 0 atom stereocenters. The molecule has 0 aliphatic carbocycles. The molecule has 0 saturated carbocycles. The third kappa shape index (κ3) is 4.71. The number of hydrogen-bond donors (Lipinski definition) is 0. The predicted octanol–water partition coefficient (Wildman–Crippen LogP) is 3.83. The lowest BCUT2D eigenvalue weighted by molar-refractivity contribution is 0.0616.